The van der Waals surface area contributed by atoms with Crippen molar-refractivity contribution in [2.45, 2.75) is 33.4 Å². The number of ether oxygens (including phenoxy) is 1. The van der Waals surface area contributed by atoms with Crippen LogP contribution in [0.15, 0.2) is 66.7 Å². The molecule has 4 aromatic rings. The van der Waals surface area contributed by atoms with E-state index < -0.39 is 0 Å². The summed E-state index contributed by atoms with van der Waals surface area (Å²) in [5.74, 6) is 0.354. The van der Waals surface area contributed by atoms with Gasteiger partial charge in [-0.25, -0.2) is 5.10 Å². The van der Waals surface area contributed by atoms with Gasteiger partial charge in [0.1, 0.15) is 6.61 Å². The van der Waals surface area contributed by atoms with Crippen LogP contribution in [-0.2, 0) is 22.7 Å². The highest BCUT2D eigenvalue weighted by molar-refractivity contribution is 5.80. The largest absolute Gasteiger partial charge is 0.459 e. The van der Waals surface area contributed by atoms with Crippen molar-refractivity contribution >= 4 is 12.0 Å². The van der Waals surface area contributed by atoms with Crippen LogP contribution in [0.4, 0.5) is 0 Å². The number of nitrogens with zero attached hydrogens (tertiary/aromatic N) is 4. The first-order valence-electron chi connectivity index (χ1n) is 10.6. The maximum atomic E-state index is 11.3. The Labute approximate surface area is 186 Å². The first-order valence-corrected chi connectivity index (χ1v) is 10.6. The summed E-state index contributed by atoms with van der Waals surface area (Å²) < 4.78 is 7.43. The van der Waals surface area contributed by atoms with Crippen molar-refractivity contribution in [2.75, 3.05) is 0 Å². The Balaban J connectivity index is 1.61. The third kappa shape index (κ3) is 4.83. The molecule has 0 radical (unpaired) electrons. The number of rotatable bonds is 8. The minimum Gasteiger partial charge on any atom is -0.459 e. The first-order chi connectivity index (χ1) is 15.7. The molecule has 0 saturated heterocycles. The summed E-state index contributed by atoms with van der Waals surface area (Å²) in [5.41, 5.74) is 6.29. The lowest BCUT2D eigenvalue weighted by molar-refractivity contribution is -0.142. The van der Waals surface area contributed by atoms with E-state index in [1.807, 2.05) is 24.3 Å². The number of nitrogens with one attached hydrogen (secondary N) is 1. The maximum Gasteiger partial charge on any atom is 0.303 e. The molecule has 2 heterocycles. The predicted octanol–water partition coefficient (Wildman–Crippen LogP) is 4.87. The number of allylic oxidation sites excluding steroid dienone is 1. The van der Waals surface area contributed by atoms with Gasteiger partial charge < -0.3 is 9.30 Å². The Bertz CT molecular complexity index is 1210. The van der Waals surface area contributed by atoms with E-state index in [9.17, 15) is 4.79 Å². The predicted molar refractivity (Wildman–Crippen MR) is 123 cm³/mol. The molecule has 7 heteroatoms. The quantitative estimate of drug-likeness (QED) is 0.406. The highest BCUT2D eigenvalue weighted by Gasteiger charge is 2.11. The van der Waals surface area contributed by atoms with Crippen LogP contribution in [0.1, 0.15) is 37.2 Å². The summed E-state index contributed by atoms with van der Waals surface area (Å²) in [6, 6.07) is 20.5. The van der Waals surface area contributed by atoms with E-state index in [2.05, 4.69) is 80.7 Å². The molecule has 7 nitrogen and oxygen atoms in total. The molecule has 162 valence electrons. The number of hydrogen-bond donors (Lipinski definition) is 1. The van der Waals surface area contributed by atoms with E-state index in [0.717, 1.165) is 40.1 Å². The monoisotopic (exact) mass is 427 g/mol. The average molecular weight is 428 g/mol. The fourth-order valence-electron chi connectivity index (χ4n) is 3.59. The molecule has 4 rings (SSSR count). The standard InChI is InChI=1S/C25H25N5O2/c1-3-4-7-21-14-15-22(17-32-18(2)31)30(21)16-19-10-12-20(13-11-19)23-8-5-6-9-24(23)25-26-28-29-27-25/h4-15H,3,16-17H2,1-2H3,(H,26,27,28,29). The molecule has 0 aliphatic heterocycles. The lowest BCUT2D eigenvalue weighted by Crippen LogP contribution is -2.09. The first kappa shape index (κ1) is 21.2. The summed E-state index contributed by atoms with van der Waals surface area (Å²) >= 11 is 0. The average Bonchev–Trinajstić information content (AvgIpc) is 3.47. The highest BCUT2D eigenvalue weighted by atomic mass is 16.5. The van der Waals surface area contributed by atoms with E-state index in [-0.39, 0.29) is 12.6 Å². The fourth-order valence-corrected chi connectivity index (χ4v) is 3.59. The second kappa shape index (κ2) is 9.87. The number of hydrogen-bond acceptors (Lipinski definition) is 5. The summed E-state index contributed by atoms with van der Waals surface area (Å²) in [6.45, 7) is 4.47. The molecule has 0 unspecified atom stereocenters. The van der Waals surface area contributed by atoms with Gasteiger partial charge in [-0.3, -0.25) is 4.79 Å². The number of esters is 1. The van der Waals surface area contributed by atoms with Crippen LogP contribution in [-0.4, -0.2) is 31.2 Å². The van der Waals surface area contributed by atoms with Crippen molar-refractivity contribution < 1.29 is 9.53 Å². The zero-order valence-electron chi connectivity index (χ0n) is 18.2. The maximum absolute atomic E-state index is 11.3. The summed E-state index contributed by atoms with van der Waals surface area (Å²) in [4.78, 5) is 11.3. The van der Waals surface area contributed by atoms with Crippen molar-refractivity contribution in [2.24, 2.45) is 0 Å². The van der Waals surface area contributed by atoms with Gasteiger partial charge in [0.05, 0.1) is 5.69 Å². The molecule has 0 bridgehead atoms. The van der Waals surface area contributed by atoms with Gasteiger partial charge in [-0.1, -0.05) is 61.5 Å². The fraction of sp³-hybridized carbons (Fsp3) is 0.200. The molecular formula is C25H25N5O2. The van der Waals surface area contributed by atoms with Crippen LogP contribution in [0.25, 0.3) is 28.6 Å². The molecular weight excluding hydrogens is 402 g/mol. The van der Waals surface area contributed by atoms with E-state index >= 15 is 0 Å². The molecule has 0 fully saturated rings. The van der Waals surface area contributed by atoms with Crippen LogP contribution in [0.5, 0.6) is 0 Å². The number of benzene rings is 2. The van der Waals surface area contributed by atoms with Crippen LogP contribution >= 0.6 is 0 Å². The number of aromatic nitrogens is 5. The molecule has 32 heavy (non-hydrogen) atoms. The second-order valence-corrected chi connectivity index (χ2v) is 7.42. The van der Waals surface area contributed by atoms with Crippen LogP contribution in [0.2, 0.25) is 0 Å². The van der Waals surface area contributed by atoms with Crippen molar-refractivity contribution in [1.29, 1.82) is 0 Å². The van der Waals surface area contributed by atoms with Crippen LogP contribution < -0.4 is 0 Å². The van der Waals surface area contributed by atoms with Gasteiger partial charge in [0.25, 0.3) is 0 Å². The topological polar surface area (TPSA) is 85.7 Å². The molecule has 2 aromatic carbocycles. The molecule has 0 aliphatic carbocycles. The van der Waals surface area contributed by atoms with Crippen molar-refractivity contribution in [3.05, 3.63) is 83.7 Å². The molecule has 0 amide bonds. The number of H-pyrrole nitrogens is 1. The molecule has 0 saturated carbocycles. The number of aromatic amines is 1. The third-order valence-corrected chi connectivity index (χ3v) is 5.19. The SMILES string of the molecule is CCC=Cc1ccc(COC(C)=O)n1Cc1ccc(-c2ccccc2-c2nnn[nH]2)cc1. The van der Waals surface area contributed by atoms with Crippen molar-refractivity contribution in [3.63, 3.8) is 0 Å². The minimum absolute atomic E-state index is 0.256. The molecule has 0 aliphatic rings. The smallest absolute Gasteiger partial charge is 0.303 e. The van der Waals surface area contributed by atoms with E-state index in [1.54, 1.807) is 0 Å². The van der Waals surface area contributed by atoms with Gasteiger partial charge in [-0.05, 0) is 51.7 Å². The number of tetrazole rings is 1. The number of carbonyl (C=O) groups is 1. The van der Waals surface area contributed by atoms with Gasteiger partial charge in [0, 0.05) is 24.7 Å². The summed E-state index contributed by atoms with van der Waals surface area (Å²) in [7, 11) is 0. The normalized spacial score (nSPS) is 11.2. The second-order valence-electron chi connectivity index (χ2n) is 7.42. The zero-order chi connectivity index (χ0) is 22.3. The summed E-state index contributed by atoms with van der Waals surface area (Å²) in [6.07, 6.45) is 5.19. The van der Waals surface area contributed by atoms with Crippen LogP contribution in [0, 0.1) is 0 Å². The van der Waals surface area contributed by atoms with Gasteiger partial charge in [-0.15, -0.1) is 5.10 Å². The Hall–Kier alpha value is -4.00. The van der Waals surface area contributed by atoms with E-state index in [4.69, 9.17) is 4.74 Å². The number of carbonyl (C=O) groups excluding carboxylic acids is 1. The third-order valence-electron chi connectivity index (χ3n) is 5.19. The van der Waals surface area contributed by atoms with Gasteiger partial charge in [0.15, 0.2) is 5.82 Å². The summed E-state index contributed by atoms with van der Waals surface area (Å²) in [5, 5.41) is 14.3. The Morgan fingerprint density at radius 2 is 1.84 bits per heavy atom. The highest BCUT2D eigenvalue weighted by Crippen LogP contribution is 2.30. The molecule has 2 aromatic heterocycles. The van der Waals surface area contributed by atoms with Gasteiger partial charge in [-0.2, -0.15) is 0 Å². The van der Waals surface area contributed by atoms with Crippen LogP contribution in [0.3, 0.4) is 0 Å². The van der Waals surface area contributed by atoms with E-state index in [1.165, 1.54) is 6.92 Å². The van der Waals surface area contributed by atoms with Crippen molar-refractivity contribution in [3.8, 4) is 22.5 Å². The lowest BCUT2D eigenvalue weighted by Gasteiger charge is -2.13. The molecule has 0 atom stereocenters. The Kier molecular flexibility index (Phi) is 6.55. The Morgan fingerprint density at radius 3 is 2.53 bits per heavy atom. The van der Waals surface area contributed by atoms with Crippen molar-refractivity contribution in [1.82, 2.24) is 25.2 Å². The molecule has 1 N–H and O–H groups in total. The molecule has 0 spiro atoms. The van der Waals surface area contributed by atoms with E-state index in [0.29, 0.717) is 12.4 Å². The Morgan fingerprint density at radius 1 is 1.06 bits per heavy atom. The minimum atomic E-state index is -0.284. The van der Waals surface area contributed by atoms with Gasteiger partial charge in [0.2, 0.25) is 0 Å². The lowest BCUT2D eigenvalue weighted by atomic mass is 9.98. The van der Waals surface area contributed by atoms with Gasteiger partial charge >= 0.3 is 5.97 Å². The zero-order valence-corrected chi connectivity index (χ0v) is 18.2.